The van der Waals surface area contributed by atoms with Crippen molar-refractivity contribution in [1.29, 1.82) is 0 Å². The van der Waals surface area contributed by atoms with E-state index in [2.05, 4.69) is 16.0 Å². The molecule has 5 unspecified atom stereocenters. The first-order valence-electron chi connectivity index (χ1n) is 9.19. The molecule has 1 saturated carbocycles. The zero-order valence-electron chi connectivity index (χ0n) is 14.8. The van der Waals surface area contributed by atoms with E-state index in [1.807, 2.05) is 30.3 Å². The number of ether oxygens (including phenoxy) is 1. The molecular weight excluding hydrogens is 348 g/mol. The molecule has 2 N–H and O–H groups in total. The van der Waals surface area contributed by atoms with Gasteiger partial charge in [0.05, 0.1) is 13.0 Å². The SMILES string of the molecule is COc1ccccc1CNC(=O)C1CCC2C(C1)NC(=O)C1C=CSC12. The highest BCUT2D eigenvalue weighted by Gasteiger charge is 2.47. The molecule has 0 bridgehead atoms. The highest BCUT2D eigenvalue weighted by Crippen LogP contribution is 2.45. The molecule has 1 aliphatic carbocycles. The zero-order chi connectivity index (χ0) is 18.1. The third kappa shape index (κ3) is 3.22. The first-order valence-corrected chi connectivity index (χ1v) is 10.1. The first-order chi connectivity index (χ1) is 12.7. The predicted octanol–water partition coefficient (Wildman–Crippen LogP) is 2.47. The molecule has 26 heavy (non-hydrogen) atoms. The smallest absolute Gasteiger partial charge is 0.228 e. The number of rotatable bonds is 4. The Morgan fingerprint density at radius 2 is 2.19 bits per heavy atom. The Balaban J connectivity index is 1.36. The van der Waals surface area contributed by atoms with Crippen molar-refractivity contribution in [3.63, 3.8) is 0 Å². The van der Waals surface area contributed by atoms with Crippen LogP contribution in [0.25, 0.3) is 0 Å². The van der Waals surface area contributed by atoms with Crippen LogP contribution in [-0.4, -0.2) is 30.2 Å². The van der Waals surface area contributed by atoms with Gasteiger partial charge < -0.3 is 15.4 Å². The molecule has 5 nitrogen and oxygen atoms in total. The number of hydrogen-bond donors (Lipinski definition) is 2. The maximum Gasteiger partial charge on any atom is 0.228 e. The normalized spacial score (nSPS) is 32.3. The van der Waals surface area contributed by atoms with E-state index in [4.69, 9.17) is 4.74 Å². The lowest BCUT2D eigenvalue weighted by atomic mass is 9.71. The lowest BCUT2D eigenvalue weighted by Crippen LogP contribution is -2.57. The summed E-state index contributed by atoms with van der Waals surface area (Å²) in [5, 5.41) is 8.62. The lowest BCUT2D eigenvalue weighted by Gasteiger charge is -2.44. The van der Waals surface area contributed by atoms with Gasteiger partial charge in [0.15, 0.2) is 0 Å². The van der Waals surface area contributed by atoms with Gasteiger partial charge in [0.1, 0.15) is 5.75 Å². The number of hydrogen-bond acceptors (Lipinski definition) is 4. The molecule has 6 heteroatoms. The zero-order valence-corrected chi connectivity index (χ0v) is 15.6. The Labute approximate surface area is 157 Å². The first kappa shape index (κ1) is 17.5. The lowest BCUT2D eigenvalue weighted by molar-refractivity contribution is -0.131. The molecule has 138 valence electrons. The van der Waals surface area contributed by atoms with Crippen LogP contribution in [0.2, 0.25) is 0 Å². The van der Waals surface area contributed by atoms with E-state index in [0.717, 1.165) is 30.6 Å². The largest absolute Gasteiger partial charge is 0.496 e. The summed E-state index contributed by atoms with van der Waals surface area (Å²) in [4.78, 5) is 25.0. The molecule has 3 aliphatic rings. The summed E-state index contributed by atoms with van der Waals surface area (Å²) in [6, 6.07) is 7.83. The quantitative estimate of drug-likeness (QED) is 0.852. The van der Waals surface area contributed by atoms with Crippen LogP contribution in [0.1, 0.15) is 24.8 Å². The van der Waals surface area contributed by atoms with E-state index in [0.29, 0.717) is 17.7 Å². The fraction of sp³-hybridized carbons (Fsp3) is 0.500. The minimum Gasteiger partial charge on any atom is -0.496 e. The molecule has 4 rings (SSSR count). The van der Waals surface area contributed by atoms with Crippen molar-refractivity contribution in [1.82, 2.24) is 10.6 Å². The number of fused-ring (bicyclic) bond motifs is 3. The third-order valence-electron chi connectivity index (χ3n) is 5.85. The highest BCUT2D eigenvalue weighted by molar-refractivity contribution is 8.03. The van der Waals surface area contributed by atoms with Gasteiger partial charge in [-0.3, -0.25) is 9.59 Å². The van der Waals surface area contributed by atoms with Crippen molar-refractivity contribution in [2.24, 2.45) is 17.8 Å². The second kappa shape index (κ2) is 7.35. The number of amides is 2. The van der Waals surface area contributed by atoms with Gasteiger partial charge in [-0.25, -0.2) is 0 Å². The molecule has 1 aromatic carbocycles. The number of methoxy groups -OCH3 is 1. The highest BCUT2D eigenvalue weighted by atomic mass is 32.2. The van der Waals surface area contributed by atoms with Gasteiger partial charge in [-0.1, -0.05) is 24.3 Å². The summed E-state index contributed by atoms with van der Waals surface area (Å²) in [5.41, 5.74) is 0.972. The molecule has 2 heterocycles. The van der Waals surface area contributed by atoms with Crippen molar-refractivity contribution in [2.45, 2.75) is 37.1 Å². The Morgan fingerprint density at radius 1 is 1.35 bits per heavy atom. The van der Waals surface area contributed by atoms with Gasteiger partial charge in [0.2, 0.25) is 11.8 Å². The van der Waals surface area contributed by atoms with Crippen LogP contribution < -0.4 is 15.4 Å². The second-order valence-electron chi connectivity index (χ2n) is 7.27. The maximum atomic E-state index is 12.7. The Kier molecular flexibility index (Phi) is 4.94. The summed E-state index contributed by atoms with van der Waals surface area (Å²) < 4.78 is 5.34. The van der Waals surface area contributed by atoms with Crippen molar-refractivity contribution >= 4 is 23.6 Å². The van der Waals surface area contributed by atoms with Crippen LogP contribution in [0, 0.1) is 17.8 Å². The molecule has 2 aliphatic heterocycles. The maximum absolute atomic E-state index is 12.7. The minimum atomic E-state index is -0.0397. The summed E-state index contributed by atoms with van der Waals surface area (Å²) >= 11 is 1.78. The number of nitrogens with one attached hydrogen (secondary N) is 2. The molecule has 2 amide bonds. The second-order valence-corrected chi connectivity index (χ2v) is 8.36. The van der Waals surface area contributed by atoms with Crippen LogP contribution in [0.5, 0.6) is 5.75 Å². The number of benzene rings is 1. The van der Waals surface area contributed by atoms with E-state index in [9.17, 15) is 9.59 Å². The van der Waals surface area contributed by atoms with Crippen LogP contribution >= 0.6 is 11.8 Å². The van der Waals surface area contributed by atoms with Crippen molar-refractivity contribution in [3.05, 3.63) is 41.3 Å². The number of para-hydroxylation sites is 1. The number of carbonyl (C=O) groups excluding carboxylic acids is 2. The fourth-order valence-electron chi connectivity index (χ4n) is 4.46. The van der Waals surface area contributed by atoms with Gasteiger partial charge in [0, 0.05) is 29.3 Å². The fourth-order valence-corrected chi connectivity index (χ4v) is 5.82. The van der Waals surface area contributed by atoms with Crippen molar-refractivity contribution < 1.29 is 14.3 Å². The Hall–Kier alpha value is -1.95. The van der Waals surface area contributed by atoms with Crippen LogP contribution in [0.3, 0.4) is 0 Å². The van der Waals surface area contributed by atoms with E-state index < -0.39 is 0 Å². The van der Waals surface area contributed by atoms with Gasteiger partial charge in [-0.05, 0) is 36.7 Å². The number of carbonyl (C=O) groups is 2. The monoisotopic (exact) mass is 372 g/mol. The molecule has 0 aromatic heterocycles. The van der Waals surface area contributed by atoms with Gasteiger partial charge in [0.25, 0.3) is 0 Å². The van der Waals surface area contributed by atoms with Crippen LogP contribution in [0.4, 0.5) is 0 Å². The standard InChI is InChI=1S/C20H24N2O3S/c1-25-17-5-3-2-4-13(17)11-21-19(23)12-6-7-14-16(10-12)22-20(24)15-8-9-26-18(14)15/h2-5,8-9,12,14-16,18H,6-7,10-11H2,1H3,(H,21,23)(H,22,24). The molecule has 1 aromatic rings. The van der Waals surface area contributed by atoms with Gasteiger partial charge in [-0.15, -0.1) is 11.8 Å². The summed E-state index contributed by atoms with van der Waals surface area (Å²) in [5.74, 6) is 1.42. The van der Waals surface area contributed by atoms with Gasteiger partial charge in [-0.2, -0.15) is 0 Å². The van der Waals surface area contributed by atoms with E-state index >= 15 is 0 Å². The molecule has 5 atom stereocenters. The summed E-state index contributed by atoms with van der Waals surface area (Å²) in [7, 11) is 1.64. The Morgan fingerprint density at radius 3 is 3.04 bits per heavy atom. The van der Waals surface area contributed by atoms with Gasteiger partial charge >= 0.3 is 0 Å². The number of thioether (sulfide) groups is 1. The molecular formula is C20H24N2O3S. The molecule has 2 fully saturated rings. The van der Waals surface area contributed by atoms with E-state index in [1.165, 1.54) is 0 Å². The van der Waals surface area contributed by atoms with Crippen molar-refractivity contribution in [2.75, 3.05) is 7.11 Å². The molecule has 0 spiro atoms. The summed E-state index contributed by atoms with van der Waals surface area (Å²) in [6.45, 7) is 0.463. The third-order valence-corrected chi connectivity index (χ3v) is 7.12. The topological polar surface area (TPSA) is 67.4 Å². The average Bonchev–Trinajstić information content (AvgIpc) is 3.16. The van der Waals surface area contributed by atoms with Crippen molar-refractivity contribution in [3.8, 4) is 5.75 Å². The summed E-state index contributed by atoms with van der Waals surface area (Å²) in [6.07, 6.45) is 4.64. The minimum absolute atomic E-state index is 0.0113. The van der Waals surface area contributed by atoms with E-state index in [1.54, 1.807) is 18.9 Å². The molecule has 0 radical (unpaired) electrons. The predicted molar refractivity (Wildman–Crippen MR) is 102 cm³/mol. The average molecular weight is 372 g/mol. The van der Waals surface area contributed by atoms with Crippen LogP contribution in [0.15, 0.2) is 35.7 Å². The van der Waals surface area contributed by atoms with E-state index in [-0.39, 0.29) is 29.7 Å². The molecule has 1 saturated heterocycles. The number of piperidine rings is 1. The van der Waals surface area contributed by atoms with Crippen LogP contribution in [-0.2, 0) is 16.1 Å². The Bertz CT molecular complexity index is 736.